The second kappa shape index (κ2) is 8.04. The van der Waals surface area contributed by atoms with Crippen molar-refractivity contribution in [3.63, 3.8) is 0 Å². The smallest absolute Gasteiger partial charge is 0.0191 e. The van der Waals surface area contributed by atoms with Gasteiger partial charge >= 0.3 is 0 Å². The van der Waals surface area contributed by atoms with Gasteiger partial charge in [0.15, 0.2) is 0 Å². The first-order valence-electron chi connectivity index (χ1n) is 7.58. The number of aromatic nitrogens is 1. The zero-order valence-corrected chi connectivity index (χ0v) is 13.1. The quantitative estimate of drug-likeness (QED) is 0.579. The molecule has 0 aliphatic heterocycles. The van der Waals surface area contributed by atoms with Gasteiger partial charge in [0, 0.05) is 11.9 Å². The molecule has 19 heavy (non-hydrogen) atoms. The highest BCUT2D eigenvalue weighted by Crippen LogP contribution is 2.24. The Kier molecular flexibility index (Phi) is 6.69. The summed E-state index contributed by atoms with van der Waals surface area (Å²) in [4.78, 5) is 3.37. The molecule has 1 aromatic rings. The highest BCUT2D eigenvalue weighted by atomic mass is 14.7. The number of H-pyrrole nitrogens is 1. The Hall–Kier alpha value is -1.24. The lowest BCUT2D eigenvalue weighted by atomic mass is 9.90. The molecule has 0 fully saturated rings. The molecule has 1 nitrogen and oxygen atoms in total. The Balaban J connectivity index is 2.84. The molecule has 1 aromatic heterocycles. The van der Waals surface area contributed by atoms with Crippen LogP contribution in [0.5, 0.6) is 0 Å². The van der Waals surface area contributed by atoms with Crippen molar-refractivity contribution in [1.29, 1.82) is 0 Å². The molecule has 0 saturated carbocycles. The monoisotopic (exact) mass is 259 g/mol. The van der Waals surface area contributed by atoms with E-state index in [1.807, 2.05) is 6.92 Å². The average Bonchev–Trinajstić information content (AvgIpc) is 2.68. The SMILES string of the molecule is C=C(C)/C=C\c1c(CC(CCC)CCC)c[nH]c1C. The van der Waals surface area contributed by atoms with Crippen molar-refractivity contribution in [1.82, 2.24) is 4.98 Å². The zero-order valence-electron chi connectivity index (χ0n) is 13.1. The summed E-state index contributed by atoms with van der Waals surface area (Å²) in [7, 11) is 0. The summed E-state index contributed by atoms with van der Waals surface area (Å²) >= 11 is 0. The van der Waals surface area contributed by atoms with E-state index in [9.17, 15) is 0 Å². The zero-order chi connectivity index (χ0) is 14.3. The van der Waals surface area contributed by atoms with E-state index in [1.54, 1.807) is 0 Å². The van der Waals surface area contributed by atoms with Crippen molar-refractivity contribution >= 4 is 6.08 Å². The Morgan fingerprint density at radius 3 is 2.47 bits per heavy atom. The van der Waals surface area contributed by atoms with Crippen LogP contribution in [0.15, 0.2) is 24.4 Å². The van der Waals surface area contributed by atoms with E-state index in [2.05, 4.69) is 50.7 Å². The molecule has 1 rings (SSSR count). The van der Waals surface area contributed by atoms with Crippen LogP contribution in [0.3, 0.4) is 0 Å². The predicted molar refractivity (Wildman–Crippen MR) is 86.4 cm³/mol. The van der Waals surface area contributed by atoms with Crippen LogP contribution in [0.2, 0.25) is 0 Å². The second-order valence-corrected chi connectivity index (χ2v) is 5.68. The third-order valence-corrected chi connectivity index (χ3v) is 3.65. The molecule has 1 heteroatoms. The van der Waals surface area contributed by atoms with E-state index in [1.165, 1.54) is 48.9 Å². The van der Waals surface area contributed by atoms with Crippen LogP contribution in [-0.4, -0.2) is 4.98 Å². The summed E-state index contributed by atoms with van der Waals surface area (Å²) in [6.45, 7) is 12.7. The summed E-state index contributed by atoms with van der Waals surface area (Å²) < 4.78 is 0. The van der Waals surface area contributed by atoms with Gasteiger partial charge in [-0.3, -0.25) is 0 Å². The molecule has 1 heterocycles. The van der Waals surface area contributed by atoms with Crippen molar-refractivity contribution < 1.29 is 0 Å². The molecule has 0 atom stereocenters. The largest absolute Gasteiger partial charge is 0.364 e. The normalized spacial score (nSPS) is 11.6. The third-order valence-electron chi connectivity index (χ3n) is 3.65. The van der Waals surface area contributed by atoms with Crippen LogP contribution in [0.4, 0.5) is 0 Å². The highest BCUT2D eigenvalue weighted by molar-refractivity contribution is 5.58. The molecule has 0 spiro atoms. The van der Waals surface area contributed by atoms with Gasteiger partial charge in [0.2, 0.25) is 0 Å². The molecule has 0 unspecified atom stereocenters. The van der Waals surface area contributed by atoms with Gasteiger partial charge in [-0.1, -0.05) is 63.8 Å². The van der Waals surface area contributed by atoms with Gasteiger partial charge in [0.05, 0.1) is 0 Å². The van der Waals surface area contributed by atoms with Crippen molar-refractivity contribution in [3.8, 4) is 0 Å². The molecule has 0 aliphatic rings. The minimum Gasteiger partial charge on any atom is -0.364 e. The fraction of sp³-hybridized carbons (Fsp3) is 0.556. The summed E-state index contributed by atoms with van der Waals surface area (Å²) in [6, 6.07) is 0. The number of allylic oxidation sites excluding steroid dienone is 2. The van der Waals surface area contributed by atoms with E-state index in [4.69, 9.17) is 0 Å². The summed E-state index contributed by atoms with van der Waals surface area (Å²) in [5.41, 5.74) is 5.19. The van der Waals surface area contributed by atoms with Crippen LogP contribution in [0.25, 0.3) is 6.08 Å². The lowest BCUT2D eigenvalue weighted by molar-refractivity contribution is 0.438. The van der Waals surface area contributed by atoms with Gasteiger partial charge < -0.3 is 4.98 Å². The van der Waals surface area contributed by atoms with Crippen molar-refractivity contribution in [2.75, 3.05) is 0 Å². The van der Waals surface area contributed by atoms with Gasteiger partial charge in [-0.05, 0) is 37.3 Å². The molecule has 0 aliphatic carbocycles. The lowest BCUT2D eigenvalue weighted by Crippen LogP contribution is -2.04. The molecule has 0 bridgehead atoms. The molecule has 0 saturated heterocycles. The third kappa shape index (κ3) is 5.10. The first-order valence-corrected chi connectivity index (χ1v) is 7.58. The Labute approximate surface area is 118 Å². The van der Waals surface area contributed by atoms with E-state index in [0.29, 0.717) is 0 Å². The van der Waals surface area contributed by atoms with Gasteiger partial charge in [-0.15, -0.1) is 0 Å². The van der Waals surface area contributed by atoms with Gasteiger partial charge in [-0.2, -0.15) is 0 Å². The Morgan fingerprint density at radius 1 is 1.32 bits per heavy atom. The van der Waals surface area contributed by atoms with Crippen LogP contribution < -0.4 is 0 Å². The first-order chi connectivity index (χ1) is 9.08. The Morgan fingerprint density at radius 2 is 1.95 bits per heavy atom. The molecular weight excluding hydrogens is 230 g/mol. The van der Waals surface area contributed by atoms with Gasteiger partial charge in [0.25, 0.3) is 0 Å². The number of nitrogens with one attached hydrogen (secondary N) is 1. The van der Waals surface area contributed by atoms with E-state index >= 15 is 0 Å². The molecule has 106 valence electrons. The van der Waals surface area contributed by atoms with Crippen molar-refractivity contribution in [2.24, 2.45) is 5.92 Å². The van der Waals surface area contributed by atoms with Gasteiger partial charge in [-0.25, -0.2) is 0 Å². The van der Waals surface area contributed by atoms with E-state index in [-0.39, 0.29) is 0 Å². The average molecular weight is 259 g/mol. The first kappa shape index (κ1) is 15.8. The molecule has 0 amide bonds. The molecule has 1 N–H and O–H groups in total. The molecule has 0 aromatic carbocycles. The summed E-state index contributed by atoms with van der Waals surface area (Å²) in [6.07, 6.45) is 12.9. The minimum atomic E-state index is 0.821. The summed E-state index contributed by atoms with van der Waals surface area (Å²) in [5, 5.41) is 0. The van der Waals surface area contributed by atoms with Crippen LogP contribution in [-0.2, 0) is 6.42 Å². The van der Waals surface area contributed by atoms with E-state index in [0.717, 1.165) is 11.5 Å². The highest BCUT2D eigenvalue weighted by Gasteiger charge is 2.12. The maximum Gasteiger partial charge on any atom is 0.0191 e. The van der Waals surface area contributed by atoms with Crippen molar-refractivity contribution in [2.45, 2.75) is 59.8 Å². The second-order valence-electron chi connectivity index (χ2n) is 5.68. The summed E-state index contributed by atoms with van der Waals surface area (Å²) in [5.74, 6) is 0.821. The van der Waals surface area contributed by atoms with Crippen LogP contribution in [0, 0.1) is 12.8 Å². The maximum atomic E-state index is 3.94. The fourth-order valence-electron chi connectivity index (χ4n) is 2.69. The number of hydrogen-bond acceptors (Lipinski definition) is 0. The molecule has 0 radical (unpaired) electrons. The van der Waals surface area contributed by atoms with Crippen LogP contribution in [0.1, 0.15) is 63.3 Å². The number of hydrogen-bond donors (Lipinski definition) is 1. The fourth-order valence-corrected chi connectivity index (χ4v) is 2.69. The van der Waals surface area contributed by atoms with E-state index < -0.39 is 0 Å². The van der Waals surface area contributed by atoms with Gasteiger partial charge in [0.1, 0.15) is 0 Å². The minimum absolute atomic E-state index is 0.821. The number of aromatic amines is 1. The number of aryl methyl sites for hydroxylation is 1. The maximum absolute atomic E-state index is 3.94. The number of rotatable bonds is 8. The van der Waals surface area contributed by atoms with Crippen LogP contribution >= 0.6 is 0 Å². The predicted octanol–water partition coefficient (Wildman–Crippen LogP) is 5.67. The van der Waals surface area contributed by atoms with Crippen molar-refractivity contribution in [3.05, 3.63) is 41.2 Å². The lowest BCUT2D eigenvalue weighted by Gasteiger charge is -2.15. The topological polar surface area (TPSA) is 15.8 Å². The Bertz CT molecular complexity index is 417. The molecular formula is C18H29N. The standard InChI is InChI=1S/C18H29N/c1-6-8-16(9-7-2)12-17-13-19-15(5)18(17)11-10-14(3)4/h10-11,13,16,19H,3,6-9,12H2,1-2,4-5H3/b11-10-.